The second-order valence-corrected chi connectivity index (χ2v) is 7.08. The van der Waals surface area contributed by atoms with Crippen LogP contribution in [0.4, 0.5) is 0 Å². The molecule has 0 aliphatic carbocycles. The Morgan fingerprint density at radius 1 is 1.22 bits per heavy atom. The molecule has 3 heterocycles. The van der Waals surface area contributed by atoms with Gasteiger partial charge in [0.2, 0.25) is 5.91 Å². The van der Waals surface area contributed by atoms with Crippen LogP contribution in [0.2, 0.25) is 0 Å². The van der Waals surface area contributed by atoms with Gasteiger partial charge in [-0.25, -0.2) is 4.98 Å². The Labute approximate surface area is 158 Å². The number of imidazole rings is 1. The maximum atomic E-state index is 12.5. The molecule has 1 fully saturated rings. The molecule has 1 aliphatic heterocycles. The number of pyridine rings is 1. The molecule has 0 radical (unpaired) electrons. The van der Waals surface area contributed by atoms with Gasteiger partial charge in [-0.15, -0.1) is 0 Å². The van der Waals surface area contributed by atoms with E-state index in [1.54, 1.807) is 12.4 Å². The quantitative estimate of drug-likeness (QED) is 0.730. The average molecular weight is 364 g/mol. The van der Waals surface area contributed by atoms with Crippen molar-refractivity contribution in [3.05, 3.63) is 60.2 Å². The number of carbonyl (C=O) groups is 1. The molecular formula is C21H24N4O2. The molecule has 6 heteroatoms. The largest absolute Gasteiger partial charge is 0.379 e. The normalized spacial score (nSPS) is 19.4. The minimum absolute atomic E-state index is 0.0578. The molecule has 1 saturated heterocycles. The Morgan fingerprint density at radius 2 is 2.04 bits per heavy atom. The number of ether oxygens (including phenoxy) is 1. The fourth-order valence-electron chi connectivity index (χ4n) is 3.75. The number of benzene rings is 1. The number of amides is 1. The van der Waals surface area contributed by atoms with E-state index >= 15 is 0 Å². The summed E-state index contributed by atoms with van der Waals surface area (Å²) in [4.78, 5) is 21.1. The van der Waals surface area contributed by atoms with E-state index in [1.807, 2.05) is 43.3 Å². The summed E-state index contributed by atoms with van der Waals surface area (Å²) in [6.45, 7) is 3.86. The molecule has 4 rings (SSSR count). The van der Waals surface area contributed by atoms with Crippen LogP contribution < -0.4 is 5.32 Å². The number of aromatic nitrogens is 3. The molecule has 0 unspecified atom stereocenters. The first-order valence-corrected chi connectivity index (χ1v) is 9.38. The van der Waals surface area contributed by atoms with Crippen LogP contribution in [0, 0.1) is 12.8 Å². The molecule has 1 aliphatic rings. The number of carbonyl (C=O) groups excluding carboxylic acids is 1. The summed E-state index contributed by atoms with van der Waals surface area (Å²) in [7, 11) is 0. The summed E-state index contributed by atoms with van der Waals surface area (Å²) in [5, 5.41) is 3.17. The maximum absolute atomic E-state index is 12.5. The van der Waals surface area contributed by atoms with Gasteiger partial charge in [-0.1, -0.05) is 12.1 Å². The van der Waals surface area contributed by atoms with Gasteiger partial charge in [0.15, 0.2) is 0 Å². The van der Waals surface area contributed by atoms with Crippen molar-refractivity contribution in [1.82, 2.24) is 19.9 Å². The first-order valence-electron chi connectivity index (χ1n) is 9.38. The summed E-state index contributed by atoms with van der Waals surface area (Å²) in [5.41, 5.74) is 3.26. The zero-order valence-electron chi connectivity index (χ0n) is 15.5. The number of hydrogen-bond acceptors (Lipinski definition) is 4. The molecule has 1 N–H and O–H groups in total. The van der Waals surface area contributed by atoms with Crippen LogP contribution >= 0.6 is 0 Å². The Bertz CT molecular complexity index is 922. The molecular weight excluding hydrogens is 340 g/mol. The second-order valence-electron chi connectivity index (χ2n) is 7.08. The molecule has 0 spiro atoms. The van der Waals surface area contributed by atoms with Crippen LogP contribution in [-0.2, 0) is 22.5 Å². The minimum Gasteiger partial charge on any atom is -0.379 e. The summed E-state index contributed by atoms with van der Waals surface area (Å²) in [6.07, 6.45) is 4.92. The molecule has 27 heavy (non-hydrogen) atoms. The van der Waals surface area contributed by atoms with Crippen molar-refractivity contribution in [2.45, 2.75) is 32.4 Å². The van der Waals surface area contributed by atoms with Crippen LogP contribution in [0.15, 0.2) is 48.8 Å². The van der Waals surface area contributed by atoms with Crippen molar-refractivity contribution in [2.75, 3.05) is 13.2 Å². The van der Waals surface area contributed by atoms with Crippen molar-refractivity contribution in [2.24, 2.45) is 5.92 Å². The summed E-state index contributed by atoms with van der Waals surface area (Å²) in [6, 6.07) is 12.1. The third kappa shape index (κ3) is 4.01. The third-order valence-electron chi connectivity index (χ3n) is 5.20. The monoisotopic (exact) mass is 364 g/mol. The van der Waals surface area contributed by atoms with Gasteiger partial charge in [0.1, 0.15) is 5.82 Å². The lowest BCUT2D eigenvalue weighted by Gasteiger charge is -2.19. The third-order valence-corrected chi connectivity index (χ3v) is 5.20. The highest BCUT2D eigenvalue weighted by atomic mass is 16.5. The Balaban J connectivity index is 1.35. The highest BCUT2D eigenvalue weighted by Gasteiger charge is 2.29. The Hall–Kier alpha value is -2.73. The number of para-hydroxylation sites is 2. The van der Waals surface area contributed by atoms with Gasteiger partial charge in [0, 0.05) is 31.3 Å². The molecule has 3 aromatic rings. The lowest BCUT2D eigenvalue weighted by molar-refractivity contribution is -0.122. The first kappa shape index (κ1) is 17.7. The van der Waals surface area contributed by atoms with E-state index in [2.05, 4.69) is 19.9 Å². The second kappa shape index (κ2) is 7.88. The highest BCUT2D eigenvalue weighted by molar-refractivity contribution is 5.78. The molecule has 0 bridgehead atoms. The number of aryl methyl sites for hydroxylation is 2. The van der Waals surface area contributed by atoms with E-state index in [9.17, 15) is 4.79 Å². The van der Waals surface area contributed by atoms with Crippen LogP contribution in [0.25, 0.3) is 11.0 Å². The van der Waals surface area contributed by atoms with E-state index in [1.165, 1.54) is 5.56 Å². The number of nitrogens with zero attached hydrogens (tertiary/aromatic N) is 3. The standard InChI is InChI=1S/C21H24N4O2/c1-15-23-18-4-2-3-5-20(18)25(15)11-8-21(26)24-19-14-27-13-17(19)12-16-6-9-22-10-7-16/h2-7,9-10,17,19H,8,11-14H2,1H3,(H,24,26)/t17-,19+/m1/s1. The minimum atomic E-state index is 0.0578. The topological polar surface area (TPSA) is 69.0 Å². The van der Waals surface area contributed by atoms with Gasteiger partial charge in [-0.2, -0.15) is 0 Å². The summed E-state index contributed by atoms with van der Waals surface area (Å²) >= 11 is 0. The molecule has 1 amide bonds. The van der Waals surface area contributed by atoms with E-state index in [0.717, 1.165) is 23.3 Å². The predicted molar refractivity (Wildman–Crippen MR) is 103 cm³/mol. The Kier molecular flexibility index (Phi) is 5.16. The van der Waals surface area contributed by atoms with E-state index in [0.29, 0.717) is 32.1 Å². The van der Waals surface area contributed by atoms with Crippen LogP contribution in [0.3, 0.4) is 0 Å². The van der Waals surface area contributed by atoms with Gasteiger partial charge < -0.3 is 14.6 Å². The van der Waals surface area contributed by atoms with Crippen LogP contribution in [-0.4, -0.2) is 39.7 Å². The SMILES string of the molecule is Cc1nc2ccccc2n1CCC(=O)N[C@H]1COC[C@H]1Cc1ccncc1. The van der Waals surface area contributed by atoms with Crippen molar-refractivity contribution < 1.29 is 9.53 Å². The number of fused-ring (bicyclic) bond motifs is 1. The van der Waals surface area contributed by atoms with Crippen LogP contribution in [0.5, 0.6) is 0 Å². The fourth-order valence-corrected chi connectivity index (χ4v) is 3.75. The first-order chi connectivity index (χ1) is 13.2. The van der Waals surface area contributed by atoms with Crippen LogP contribution in [0.1, 0.15) is 17.8 Å². The average Bonchev–Trinajstić information content (AvgIpc) is 3.24. The zero-order valence-corrected chi connectivity index (χ0v) is 15.5. The summed E-state index contributed by atoms with van der Waals surface area (Å²) < 4.78 is 7.73. The van der Waals surface area contributed by atoms with Crippen molar-refractivity contribution >= 4 is 16.9 Å². The molecule has 1 aromatic carbocycles. The van der Waals surface area contributed by atoms with Crippen molar-refractivity contribution in [3.8, 4) is 0 Å². The molecule has 2 aromatic heterocycles. The van der Waals surface area contributed by atoms with Gasteiger partial charge in [-0.3, -0.25) is 9.78 Å². The van der Waals surface area contributed by atoms with Crippen molar-refractivity contribution in [1.29, 1.82) is 0 Å². The number of hydrogen-bond donors (Lipinski definition) is 1. The van der Waals surface area contributed by atoms with E-state index in [4.69, 9.17) is 4.74 Å². The predicted octanol–water partition coefficient (Wildman–Crippen LogP) is 2.50. The fraction of sp³-hybridized carbons (Fsp3) is 0.381. The molecule has 2 atom stereocenters. The smallest absolute Gasteiger partial charge is 0.222 e. The lowest BCUT2D eigenvalue weighted by Crippen LogP contribution is -2.40. The van der Waals surface area contributed by atoms with Gasteiger partial charge in [0.05, 0.1) is 30.3 Å². The molecule has 140 valence electrons. The highest BCUT2D eigenvalue weighted by Crippen LogP contribution is 2.20. The van der Waals surface area contributed by atoms with E-state index in [-0.39, 0.29) is 11.9 Å². The Morgan fingerprint density at radius 3 is 2.89 bits per heavy atom. The lowest BCUT2D eigenvalue weighted by atomic mass is 9.95. The number of nitrogens with one attached hydrogen (secondary N) is 1. The number of rotatable bonds is 6. The summed E-state index contributed by atoms with van der Waals surface area (Å²) in [5.74, 6) is 1.29. The molecule has 0 saturated carbocycles. The van der Waals surface area contributed by atoms with Crippen molar-refractivity contribution in [3.63, 3.8) is 0 Å². The van der Waals surface area contributed by atoms with Gasteiger partial charge >= 0.3 is 0 Å². The van der Waals surface area contributed by atoms with Gasteiger partial charge in [0.25, 0.3) is 0 Å². The van der Waals surface area contributed by atoms with E-state index < -0.39 is 0 Å². The maximum Gasteiger partial charge on any atom is 0.222 e. The van der Waals surface area contributed by atoms with Gasteiger partial charge in [-0.05, 0) is 43.2 Å². The zero-order chi connectivity index (χ0) is 18.6. The molecule has 6 nitrogen and oxygen atoms in total.